The molecule has 7 heteroatoms. The molecule has 0 aliphatic carbocycles. The fraction of sp³-hybridized carbons (Fsp3) is 0.158. The lowest BCUT2D eigenvalue weighted by molar-refractivity contribution is 0.704. The number of hydrogen-bond acceptors (Lipinski definition) is 6. The van der Waals surface area contributed by atoms with Crippen molar-refractivity contribution < 1.29 is 0 Å². The van der Waals surface area contributed by atoms with Gasteiger partial charge in [-0.2, -0.15) is 0 Å². The summed E-state index contributed by atoms with van der Waals surface area (Å²) in [6.45, 7) is 1.41. The lowest BCUT2D eigenvalue weighted by Gasteiger charge is -2.20. The highest BCUT2D eigenvalue weighted by molar-refractivity contribution is 5.87. The summed E-state index contributed by atoms with van der Waals surface area (Å²) in [6, 6.07) is 14.0. The van der Waals surface area contributed by atoms with Gasteiger partial charge in [0.2, 0.25) is 0 Å². The molecule has 3 heterocycles. The molecule has 4 aromatic rings. The Morgan fingerprint density at radius 2 is 1.88 bits per heavy atom. The van der Waals surface area contributed by atoms with Gasteiger partial charge in [-0.3, -0.25) is 0 Å². The standard InChI is InChI=1S/C19H19N7/c1-25(19-15-7-8-16(20)24-18(15)22-13-23-19)12-17-21-9-10-26(17)11-14-5-3-2-4-6-14/h2-10,13H,11-12H2,1H3,(H2,20,22,23,24). The van der Waals surface area contributed by atoms with Crippen LogP contribution in [-0.2, 0) is 13.1 Å². The van der Waals surface area contributed by atoms with Crippen molar-refractivity contribution >= 4 is 22.7 Å². The fourth-order valence-electron chi connectivity index (χ4n) is 2.95. The Labute approximate surface area is 151 Å². The second kappa shape index (κ2) is 6.79. The van der Waals surface area contributed by atoms with Crippen molar-refractivity contribution in [3.63, 3.8) is 0 Å². The van der Waals surface area contributed by atoms with Crippen LogP contribution in [0.1, 0.15) is 11.4 Å². The Balaban J connectivity index is 1.60. The summed E-state index contributed by atoms with van der Waals surface area (Å²) < 4.78 is 2.14. The smallest absolute Gasteiger partial charge is 0.166 e. The Kier molecular flexibility index (Phi) is 4.18. The summed E-state index contributed by atoms with van der Waals surface area (Å²) in [6.07, 6.45) is 5.33. The molecule has 3 aromatic heterocycles. The first-order valence-electron chi connectivity index (χ1n) is 8.33. The first-order chi connectivity index (χ1) is 12.7. The van der Waals surface area contributed by atoms with Crippen LogP contribution in [0.25, 0.3) is 11.0 Å². The minimum Gasteiger partial charge on any atom is -0.384 e. The van der Waals surface area contributed by atoms with E-state index in [0.29, 0.717) is 18.0 Å². The SMILES string of the molecule is CN(Cc1nccn1Cc1ccccc1)c1ncnc2nc(N)ccc12. The number of nitrogen functional groups attached to an aromatic ring is 1. The molecular formula is C19H19N7. The number of nitrogens with zero attached hydrogens (tertiary/aromatic N) is 6. The molecule has 0 saturated carbocycles. The van der Waals surface area contributed by atoms with E-state index in [1.54, 1.807) is 6.07 Å². The lowest BCUT2D eigenvalue weighted by atomic mass is 10.2. The van der Waals surface area contributed by atoms with E-state index in [0.717, 1.165) is 23.6 Å². The van der Waals surface area contributed by atoms with E-state index in [9.17, 15) is 0 Å². The molecule has 0 bridgehead atoms. The van der Waals surface area contributed by atoms with Gasteiger partial charge in [0.25, 0.3) is 0 Å². The van der Waals surface area contributed by atoms with E-state index in [1.807, 2.05) is 48.6 Å². The van der Waals surface area contributed by atoms with Crippen LogP contribution in [0, 0.1) is 0 Å². The number of fused-ring (bicyclic) bond motifs is 1. The van der Waals surface area contributed by atoms with Crippen molar-refractivity contribution in [2.75, 3.05) is 17.7 Å². The van der Waals surface area contributed by atoms with Crippen LogP contribution < -0.4 is 10.6 Å². The third-order valence-corrected chi connectivity index (χ3v) is 4.24. The largest absolute Gasteiger partial charge is 0.384 e. The summed E-state index contributed by atoms with van der Waals surface area (Å²) >= 11 is 0. The molecule has 0 spiro atoms. The van der Waals surface area contributed by atoms with Gasteiger partial charge in [0.1, 0.15) is 23.8 Å². The Hall–Kier alpha value is -3.48. The van der Waals surface area contributed by atoms with Gasteiger partial charge in [-0.25, -0.2) is 19.9 Å². The van der Waals surface area contributed by atoms with Gasteiger partial charge in [-0.1, -0.05) is 30.3 Å². The van der Waals surface area contributed by atoms with Crippen molar-refractivity contribution in [1.82, 2.24) is 24.5 Å². The molecule has 0 amide bonds. The highest BCUT2D eigenvalue weighted by Crippen LogP contribution is 2.22. The summed E-state index contributed by atoms with van der Waals surface area (Å²) in [5, 5.41) is 0.866. The normalized spacial score (nSPS) is 11.0. The van der Waals surface area contributed by atoms with Gasteiger partial charge in [0, 0.05) is 26.0 Å². The minimum atomic E-state index is 0.447. The van der Waals surface area contributed by atoms with Crippen LogP contribution in [0.3, 0.4) is 0 Å². The topological polar surface area (TPSA) is 85.8 Å². The second-order valence-corrected chi connectivity index (χ2v) is 6.12. The molecule has 0 radical (unpaired) electrons. The number of nitrogens with two attached hydrogens (primary N) is 1. The highest BCUT2D eigenvalue weighted by Gasteiger charge is 2.13. The Bertz CT molecular complexity index is 1030. The van der Waals surface area contributed by atoms with Crippen LogP contribution in [0.4, 0.5) is 11.6 Å². The van der Waals surface area contributed by atoms with Crippen molar-refractivity contribution in [2.24, 2.45) is 0 Å². The number of pyridine rings is 1. The summed E-state index contributed by atoms with van der Waals surface area (Å²) in [5.74, 6) is 2.21. The first-order valence-corrected chi connectivity index (χ1v) is 8.33. The molecule has 0 saturated heterocycles. The van der Waals surface area contributed by atoms with Crippen LogP contribution in [0.2, 0.25) is 0 Å². The van der Waals surface area contributed by atoms with E-state index in [4.69, 9.17) is 5.73 Å². The van der Waals surface area contributed by atoms with Gasteiger partial charge in [0.15, 0.2) is 5.65 Å². The van der Waals surface area contributed by atoms with Crippen molar-refractivity contribution in [1.29, 1.82) is 0 Å². The molecule has 130 valence electrons. The molecule has 0 fully saturated rings. The average Bonchev–Trinajstić information content (AvgIpc) is 3.08. The van der Waals surface area contributed by atoms with Gasteiger partial charge >= 0.3 is 0 Å². The number of rotatable bonds is 5. The Morgan fingerprint density at radius 1 is 1.04 bits per heavy atom. The maximum Gasteiger partial charge on any atom is 0.166 e. The zero-order chi connectivity index (χ0) is 17.9. The zero-order valence-corrected chi connectivity index (χ0v) is 14.4. The molecule has 0 aliphatic heterocycles. The highest BCUT2D eigenvalue weighted by atomic mass is 15.2. The zero-order valence-electron chi connectivity index (χ0n) is 14.4. The number of anilines is 2. The maximum absolute atomic E-state index is 5.75. The fourth-order valence-corrected chi connectivity index (χ4v) is 2.95. The maximum atomic E-state index is 5.75. The average molecular weight is 345 g/mol. The monoisotopic (exact) mass is 345 g/mol. The predicted molar refractivity (Wildman–Crippen MR) is 102 cm³/mol. The van der Waals surface area contributed by atoms with Crippen LogP contribution in [0.15, 0.2) is 61.2 Å². The van der Waals surface area contributed by atoms with Crippen LogP contribution >= 0.6 is 0 Å². The molecule has 26 heavy (non-hydrogen) atoms. The third kappa shape index (κ3) is 3.19. The van der Waals surface area contributed by atoms with E-state index in [-0.39, 0.29) is 0 Å². The molecular weight excluding hydrogens is 326 g/mol. The molecule has 7 nitrogen and oxygen atoms in total. The second-order valence-electron chi connectivity index (χ2n) is 6.12. The lowest BCUT2D eigenvalue weighted by Crippen LogP contribution is -2.21. The van der Waals surface area contributed by atoms with Crippen molar-refractivity contribution in [2.45, 2.75) is 13.1 Å². The first kappa shape index (κ1) is 16.0. The summed E-state index contributed by atoms with van der Waals surface area (Å²) in [7, 11) is 1.99. The van der Waals surface area contributed by atoms with Gasteiger partial charge in [0.05, 0.1) is 11.9 Å². The molecule has 0 aliphatic rings. The molecule has 1 aromatic carbocycles. The van der Waals surface area contributed by atoms with E-state index >= 15 is 0 Å². The quantitative estimate of drug-likeness (QED) is 0.598. The Morgan fingerprint density at radius 3 is 2.73 bits per heavy atom. The van der Waals surface area contributed by atoms with Gasteiger partial charge < -0.3 is 15.2 Å². The van der Waals surface area contributed by atoms with Gasteiger partial charge in [-0.15, -0.1) is 0 Å². The van der Waals surface area contributed by atoms with Crippen LogP contribution in [0.5, 0.6) is 0 Å². The van der Waals surface area contributed by atoms with Crippen LogP contribution in [-0.4, -0.2) is 31.6 Å². The molecule has 0 atom stereocenters. The molecule has 2 N–H and O–H groups in total. The van der Waals surface area contributed by atoms with E-state index in [2.05, 4.69) is 36.6 Å². The van der Waals surface area contributed by atoms with Crippen molar-refractivity contribution in [3.05, 3.63) is 72.6 Å². The summed E-state index contributed by atoms with van der Waals surface area (Å²) in [5.41, 5.74) is 7.58. The molecule has 4 rings (SSSR count). The minimum absolute atomic E-state index is 0.447. The number of aromatic nitrogens is 5. The summed E-state index contributed by atoms with van der Waals surface area (Å²) in [4.78, 5) is 19.5. The number of imidazole rings is 1. The van der Waals surface area contributed by atoms with Crippen molar-refractivity contribution in [3.8, 4) is 0 Å². The number of benzene rings is 1. The molecule has 0 unspecified atom stereocenters. The third-order valence-electron chi connectivity index (χ3n) is 4.24. The van der Waals surface area contributed by atoms with E-state index in [1.165, 1.54) is 11.9 Å². The number of hydrogen-bond donors (Lipinski definition) is 1. The van der Waals surface area contributed by atoms with E-state index < -0.39 is 0 Å². The predicted octanol–water partition coefficient (Wildman–Crippen LogP) is 2.49. The van der Waals surface area contributed by atoms with Gasteiger partial charge in [-0.05, 0) is 17.7 Å².